The van der Waals surface area contributed by atoms with Crippen molar-refractivity contribution in [2.75, 3.05) is 13.2 Å². The van der Waals surface area contributed by atoms with Crippen molar-refractivity contribution in [1.82, 2.24) is 5.32 Å². The van der Waals surface area contributed by atoms with Crippen molar-refractivity contribution >= 4 is 22.6 Å². The molecule has 0 aliphatic heterocycles. The molecule has 96 valence electrons. The van der Waals surface area contributed by atoms with Gasteiger partial charge in [0.1, 0.15) is 5.75 Å². The van der Waals surface area contributed by atoms with Crippen LogP contribution in [0.5, 0.6) is 5.75 Å². The minimum atomic E-state index is 0.178. The molecular weight excluding hydrogens is 325 g/mol. The molecule has 0 saturated heterocycles. The van der Waals surface area contributed by atoms with E-state index in [0.29, 0.717) is 5.92 Å². The third-order valence-electron chi connectivity index (χ3n) is 2.33. The van der Waals surface area contributed by atoms with Crippen LogP contribution >= 0.6 is 22.6 Å². The van der Waals surface area contributed by atoms with Gasteiger partial charge in [0.15, 0.2) is 0 Å². The molecule has 0 aliphatic carbocycles. The molecule has 1 rings (SSSR count). The molecule has 1 aromatic rings. The Morgan fingerprint density at radius 3 is 2.35 bits per heavy atom. The van der Waals surface area contributed by atoms with Crippen molar-refractivity contribution in [1.29, 1.82) is 0 Å². The van der Waals surface area contributed by atoms with E-state index in [1.165, 1.54) is 3.57 Å². The molecule has 3 heteroatoms. The van der Waals surface area contributed by atoms with Crippen LogP contribution < -0.4 is 10.1 Å². The highest BCUT2D eigenvalue weighted by molar-refractivity contribution is 14.1. The molecule has 0 radical (unpaired) electrons. The molecule has 2 nitrogen and oxygen atoms in total. The molecule has 1 aromatic carbocycles. The largest absolute Gasteiger partial charge is 0.493 e. The summed E-state index contributed by atoms with van der Waals surface area (Å²) in [6.45, 7) is 10.5. The summed E-state index contributed by atoms with van der Waals surface area (Å²) in [6.07, 6.45) is 0. The van der Waals surface area contributed by atoms with E-state index in [2.05, 4.69) is 67.7 Å². The Bertz CT molecular complexity index is 329. The highest BCUT2D eigenvalue weighted by atomic mass is 127. The molecule has 0 aromatic heterocycles. The zero-order valence-corrected chi connectivity index (χ0v) is 13.2. The second kappa shape index (κ2) is 6.59. The Morgan fingerprint density at radius 2 is 1.82 bits per heavy atom. The summed E-state index contributed by atoms with van der Waals surface area (Å²) in [5.74, 6) is 1.46. The molecule has 1 unspecified atom stereocenters. The van der Waals surface area contributed by atoms with Gasteiger partial charge in [0.25, 0.3) is 0 Å². The van der Waals surface area contributed by atoms with Crippen LogP contribution in [0.25, 0.3) is 0 Å². The second-order valence-corrected chi connectivity index (χ2v) is 6.75. The maximum Gasteiger partial charge on any atom is 0.119 e. The Kier molecular flexibility index (Phi) is 5.73. The van der Waals surface area contributed by atoms with Gasteiger partial charge in [-0.3, -0.25) is 0 Å². The molecule has 17 heavy (non-hydrogen) atoms. The van der Waals surface area contributed by atoms with E-state index in [0.717, 1.165) is 18.9 Å². The van der Waals surface area contributed by atoms with Crippen LogP contribution in [-0.4, -0.2) is 18.7 Å². The van der Waals surface area contributed by atoms with Crippen LogP contribution in [-0.2, 0) is 0 Å². The summed E-state index contributed by atoms with van der Waals surface area (Å²) >= 11 is 2.29. The SMILES string of the molecule is CC(CNC(C)(C)C)COc1ccc(I)cc1. The summed E-state index contributed by atoms with van der Waals surface area (Å²) in [7, 11) is 0. The minimum Gasteiger partial charge on any atom is -0.493 e. The molecule has 0 heterocycles. The van der Waals surface area contributed by atoms with Crippen LogP contribution in [0, 0.1) is 9.49 Å². The lowest BCUT2D eigenvalue weighted by atomic mass is 10.1. The van der Waals surface area contributed by atoms with Gasteiger partial charge in [0.2, 0.25) is 0 Å². The van der Waals surface area contributed by atoms with Crippen LogP contribution in [0.1, 0.15) is 27.7 Å². The van der Waals surface area contributed by atoms with Crippen LogP contribution in [0.4, 0.5) is 0 Å². The van der Waals surface area contributed by atoms with E-state index in [9.17, 15) is 0 Å². The van der Waals surface area contributed by atoms with Gasteiger partial charge in [0, 0.05) is 21.6 Å². The number of benzene rings is 1. The number of halogens is 1. The van der Waals surface area contributed by atoms with Crippen molar-refractivity contribution in [2.24, 2.45) is 5.92 Å². The van der Waals surface area contributed by atoms with Gasteiger partial charge >= 0.3 is 0 Å². The standard InChI is InChI=1S/C14H22INO/c1-11(9-16-14(2,3)4)10-17-13-7-5-12(15)6-8-13/h5-8,11,16H,9-10H2,1-4H3. The monoisotopic (exact) mass is 347 g/mol. The van der Waals surface area contributed by atoms with Gasteiger partial charge in [-0.25, -0.2) is 0 Å². The molecule has 0 spiro atoms. The van der Waals surface area contributed by atoms with Crippen molar-refractivity contribution in [3.63, 3.8) is 0 Å². The normalized spacial score (nSPS) is 13.5. The second-order valence-electron chi connectivity index (χ2n) is 5.50. The fourth-order valence-corrected chi connectivity index (χ4v) is 1.67. The average molecular weight is 347 g/mol. The summed E-state index contributed by atoms with van der Waals surface area (Å²) < 4.78 is 6.98. The fraction of sp³-hybridized carbons (Fsp3) is 0.571. The van der Waals surface area contributed by atoms with Gasteiger partial charge in [-0.05, 0) is 67.6 Å². The van der Waals surface area contributed by atoms with Crippen LogP contribution in [0.2, 0.25) is 0 Å². The van der Waals surface area contributed by atoms with E-state index in [1.807, 2.05) is 12.1 Å². The smallest absolute Gasteiger partial charge is 0.119 e. The maximum absolute atomic E-state index is 5.74. The first kappa shape index (κ1) is 14.8. The predicted octanol–water partition coefficient (Wildman–Crippen LogP) is 3.69. The Hall–Kier alpha value is -0.290. The zero-order chi connectivity index (χ0) is 12.9. The van der Waals surface area contributed by atoms with Crippen molar-refractivity contribution < 1.29 is 4.74 Å². The van der Waals surface area contributed by atoms with E-state index in [4.69, 9.17) is 4.74 Å². The lowest BCUT2D eigenvalue weighted by molar-refractivity contribution is 0.244. The molecule has 0 fully saturated rings. The molecule has 0 saturated carbocycles. The lowest BCUT2D eigenvalue weighted by Gasteiger charge is -2.23. The number of hydrogen-bond donors (Lipinski definition) is 1. The van der Waals surface area contributed by atoms with Crippen LogP contribution in [0.15, 0.2) is 24.3 Å². The first-order valence-corrected chi connectivity index (χ1v) is 7.08. The fourth-order valence-electron chi connectivity index (χ4n) is 1.31. The number of nitrogens with one attached hydrogen (secondary N) is 1. The Morgan fingerprint density at radius 1 is 1.24 bits per heavy atom. The first-order valence-electron chi connectivity index (χ1n) is 6.00. The number of rotatable bonds is 5. The van der Waals surface area contributed by atoms with Crippen molar-refractivity contribution in [2.45, 2.75) is 33.2 Å². The van der Waals surface area contributed by atoms with Crippen LogP contribution in [0.3, 0.4) is 0 Å². The lowest BCUT2D eigenvalue weighted by Crippen LogP contribution is -2.39. The summed E-state index contributed by atoms with van der Waals surface area (Å²) in [4.78, 5) is 0. The third kappa shape index (κ3) is 6.88. The topological polar surface area (TPSA) is 21.3 Å². The Labute approximate surface area is 118 Å². The highest BCUT2D eigenvalue weighted by Gasteiger charge is 2.11. The number of ether oxygens (including phenoxy) is 1. The van der Waals surface area contributed by atoms with Gasteiger partial charge in [0.05, 0.1) is 6.61 Å². The first-order chi connectivity index (χ1) is 7.87. The van der Waals surface area contributed by atoms with Gasteiger partial charge in [-0.2, -0.15) is 0 Å². The van der Waals surface area contributed by atoms with Crippen molar-refractivity contribution in [3.05, 3.63) is 27.8 Å². The van der Waals surface area contributed by atoms with Gasteiger partial charge in [-0.1, -0.05) is 6.92 Å². The zero-order valence-electron chi connectivity index (χ0n) is 11.1. The van der Waals surface area contributed by atoms with E-state index in [-0.39, 0.29) is 5.54 Å². The van der Waals surface area contributed by atoms with E-state index >= 15 is 0 Å². The average Bonchev–Trinajstić information content (AvgIpc) is 2.25. The molecule has 0 aliphatic rings. The minimum absolute atomic E-state index is 0.178. The number of hydrogen-bond acceptors (Lipinski definition) is 2. The molecular formula is C14H22INO. The summed E-state index contributed by atoms with van der Waals surface area (Å²) in [5, 5.41) is 3.49. The van der Waals surface area contributed by atoms with Crippen molar-refractivity contribution in [3.8, 4) is 5.75 Å². The quantitative estimate of drug-likeness (QED) is 0.821. The third-order valence-corrected chi connectivity index (χ3v) is 3.05. The Balaban J connectivity index is 2.28. The maximum atomic E-state index is 5.74. The van der Waals surface area contributed by atoms with E-state index < -0.39 is 0 Å². The van der Waals surface area contributed by atoms with Gasteiger partial charge in [-0.15, -0.1) is 0 Å². The van der Waals surface area contributed by atoms with Gasteiger partial charge < -0.3 is 10.1 Å². The highest BCUT2D eigenvalue weighted by Crippen LogP contribution is 2.14. The summed E-state index contributed by atoms with van der Waals surface area (Å²) in [5.41, 5.74) is 0.178. The predicted molar refractivity (Wildman–Crippen MR) is 81.6 cm³/mol. The molecule has 0 bridgehead atoms. The van der Waals surface area contributed by atoms with E-state index in [1.54, 1.807) is 0 Å². The molecule has 1 atom stereocenters. The molecule has 0 amide bonds. The summed E-state index contributed by atoms with van der Waals surface area (Å²) in [6, 6.07) is 8.17. The molecule has 1 N–H and O–H groups in total.